The number of para-hydroxylation sites is 1. The maximum atomic E-state index is 11.7. The van der Waals surface area contributed by atoms with Crippen molar-refractivity contribution in [2.75, 3.05) is 5.32 Å². The molecule has 2 rings (SSSR count). The maximum Gasteiger partial charge on any atom is 0.251 e. The van der Waals surface area contributed by atoms with Gasteiger partial charge in [0.25, 0.3) is 5.91 Å². The van der Waals surface area contributed by atoms with Gasteiger partial charge in [-0.2, -0.15) is 0 Å². The third-order valence-corrected chi connectivity index (χ3v) is 2.73. The first-order valence-corrected chi connectivity index (χ1v) is 6.45. The van der Waals surface area contributed by atoms with Crippen LogP contribution in [0.1, 0.15) is 17.3 Å². The molecule has 0 aromatic heterocycles. The van der Waals surface area contributed by atoms with Gasteiger partial charge in [0.2, 0.25) is 0 Å². The van der Waals surface area contributed by atoms with Crippen molar-refractivity contribution < 1.29 is 14.3 Å². The Morgan fingerprint density at radius 2 is 1.67 bits per heavy atom. The molecule has 0 unspecified atom stereocenters. The molecule has 0 saturated carbocycles. The summed E-state index contributed by atoms with van der Waals surface area (Å²) in [6.07, 6.45) is 2.63. The van der Waals surface area contributed by atoms with E-state index < -0.39 is 0 Å². The standard InChI is InChI=1S/C17H15NO3/c1-13(19)14-7-9-15(10-8-14)18-17(20)11-12-21-16-5-3-2-4-6-16/h2-12H,1H3,(H,18,20)/b12-11+. The van der Waals surface area contributed by atoms with Gasteiger partial charge in [-0.15, -0.1) is 0 Å². The van der Waals surface area contributed by atoms with Gasteiger partial charge in [-0.25, -0.2) is 0 Å². The minimum absolute atomic E-state index is 0.0102. The number of nitrogens with one attached hydrogen (secondary N) is 1. The first-order chi connectivity index (χ1) is 10.1. The number of hydrogen-bond acceptors (Lipinski definition) is 3. The highest BCUT2D eigenvalue weighted by Gasteiger charge is 2.01. The van der Waals surface area contributed by atoms with Gasteiger partial charge in [0.15, 0.2) is 5.78 Å². The number of rotatable bonds is 5. The minimum Gasteiger partial charge on any atom is -0.465 e. The van der Waals surface area contributed by atoms with E-state index in [-0.39, 0.29) is 11.7 Å². The van der Waals surface area contributed by atoms with Crippen LogP contribution in [-0.2, 0) is 4.79 Å². The van der Waals surface area contributed by atoms with Crippen molar-refractivity contribution >= 4 is 17.4 Å². The van der Waals surface area contributed by atoms with Crippen LogP contribution in [0.5, 0.6) is 5.75 Å². The average Bonchev–Trinajstić information content (AvgIpc) is 2.49. The minimum atomic E-state index is -0.304. The molecule has 4 nitrogen and oxygen atoms in total. The molecule has 0 atom stereocenters. The molecule has 2 aromatic carbocycles. The van der Waals surface area contributed by atoms with Gasteiger partial charge < -0.3 is 10.1 Å². The summed E-state index contributed by atoms with van der Waals surface area (Å²) in [5.41, 5.74) is 1.23. The number of carbonyl (C=O) groups excluding carboxylic acids is 2. The summed E-state index contributed by atoms with van der Waals surface area (Å²) < 4.78 is 5.28. The predicted octanol–water partition coefficient (Wildman–Crippen LogP) is 3.42. The molecule has 0 aliphatic rings. The van der Waals surface area contributed by atoms with Crippen molar-refractivity contribution in [3.8, 4) is 5.75 Å². The van der Waals surface area contributed by atoms with Gasteiger partial charge in [-0.1, -0.05) is 18.2 Å². The van der Waals surface area contributed by atoms with E-state index in [0.717, 1.165) is 0 Å². The van der Waals surface area contributed by atoms with Crippen LogP contribution in [0.15, 0.2) is 66.9 Å². The normalized spacial score (nSPS) is 10.3. The molecule has 106 valence electrons. The summed E-state index contributed by atoms with van der Waals surface area (Å²) in [4.78, 5) is 22.8. The smallest absolute Gasteiger partial charge is 0.251 e. The lowest BCUT2D eigenvalue weighted by atomic mass is 10.1. The van der Waals surface area contributed by atoms with Crippen molar-refractivity contribution in [3.63, 3.8) is 0 Å². The van der Waals surface area contributed by atoms with Crippen LogP contribution in [-0.4, -0.2) is 11.7 Å². The first-order valence-electron chi connectivity index (χ1n) is 6.45. The average molecular weight is 281 g/mol. The summed E-state index contributed by atoms with van der Waals surface area (Å²) in [5, 5.41) is 2.68. The molecule has 0 heterocycles. The van der Waals surface area contributed by atoms with Crippen LogP contribution >= 0.6 is 0 Å². The SMILES string of the molecule is CC(=O)c1ccc(NC(=O)/C=C/Oc2ccccc2)cc1. The summed E-state index contributed by atoms with van der Waals surface area (Å²) in [6.45, 7) is 1.50. The van der Waals surface area contributed by atoms with Crippen molar-refractivity contribution in [1.29, 1.82) is 0 Å². The monoisotopic (exact) mass is 281 g/mol. The molecular weight excluding hydrogens is 266 g/mol. The number of anilines is 1. The van der Waals surface area contributed by atoms with E-state index >= 15 is 0 Å². The quantitative estimate of drug-likeness (QED) is 0.519. The van der Waals surface area contributed by atoms with Gasteiger partial charge in [0.05, 0.1) is 6.26 Å². The topological polar surface area (TPSA) is 55.4 Å². The van der Waals surface area contributed by atoms with Gasteiger partial charge in [-0.05, 0) is 43.3 Å². The van der Waals surface area contributed by atoms with Gasteiger partial charge in [0, 0.05) is 17.3 Å². The Labute approximate surface area is 123 Å². The van der Waals surface area contributed by atoms with E-state index in [9.17, 15) is 9.59 Å². The van der Waals surface area contributed by atoms with Crippen LogP contribution < -0.4 is 10.1 Å². The Morgan fingerprint density at radius 3 is 2.29 bits per heavy atom. The molecule has 0 radical (unpaired) electrons. The van der Waals surface area contributed by atoms with Crippen molar-refractivity contribution in [3.05, 3.63) is 72.5 Å². The highest BCUT2D eigenvalue weighted by Crippen LogP contribution is 2.11. The number of hydrogen-bond donors (Lipinski definition) is 1. The van der Waals surface area contributed by atoms with Crippen LogP contribution in [0.4, 0.5) is 5.69 Å². The Morgan fingerprint density at radius 1 is 1.00 bits per heavy atom. The third-order valence-electron chi connectivity index (χ3n) is 2.73. The van der Waals surface area contributed by atoms with E-state index in [1.54, 1.807) is 36.4 Å². The Balaban J connectivity index is 1.88. The summed E-state index contributed by atoms with van der Waals surface area (Å²) in [5.74, 6) is 0.345. The molecule has 4 heteroatoms. The number of Topliss-reactive ketones (excluding diaryl/α,β-unsaturated/α-hetero) is 1. The lowest BCUT2D eigenvalue weighted by Crippen LogP contribution is -2.08. The zero-order chi connectivity index (χ0) is 15.1. The molecule has 1 N–H and O–H groups in total. The molecule has 0 spiro atoms. The zero-order valence-corrected chi connectivity index (χ0v) is 11.6. The second kappa shape index (κ2) is 7.05. The Kier molecular flexibility index (Phi) is 4.88. The maximum absolute atomic E-state index is 11.7. The van der Waals surface area contributed by atoms with E-state index in [1.807, 2.05) is 18.2 Å². The Bertz CT molecular complexity index is 645. The van der Waals surface area contributed by atoms with Crippen LogP contribution in [0.25, 0.3) is 0 Å². The molecule has 0 bridgehead atoms. The number of ether oxygens (including phenoxy) is 1. The van der Waals surface area contributed by atoms with Gasteiger partial charge in [-0.3, -0.25) is 9.59 Å². The van der Waals surface area contributed by atoms with Crippen molar-refractivity contribution in [2.24, 2.45) is 0 Å². The van der Waals surface area contributed by atoms with E-state index in [0.29, 0.717) is 17.0 Å². The summed E-state index contributed by atoms with van der Waals surface area (Å²) in [7, 11) is 0. The highest BCUT2D eigenvalue weighted by molar-refractivity contribution is 6.00. The van der Waals surface area contributed by atoms with Gasteiger partial charge in [0.1, 0.15) is 5.75 Å². The summed E-state index contributed by atoms with van der Waals surface area (Å²) in [6, 6.07) is 15.9. The van der Waals surface area contributed by atoms with Crippen LogP contribution in [0.3, 0.4) is 0 Å². The molecule has 21 heavy (non-hydrogen) atoms. The second-order valence-corrected chi connectivity index (χ2v) is 4.36. The fraction of sp³-hybridized carbons (Fsp3) is 0.0588. The molecule has 0 aliphatic heterocycles. The highest BCUT2D eigenvalue weighted by atomic mass is 16.5. The predicted molar refractivity (Wildman–Crippen MR) is 81.3 cm³/mol. The van der Waals surface area contributed by atoms with E-state index in [1.165, 1.54) is 19.3 Å². The number of amides is 1. The fourth-order valence-electron chi connectivity index (χ4n) is 1.65. The molecule has 0 fully saturated rings. The lowest BCUT2D eigenvalue weighted by molar-refractivity contribution is -0.112. The van der Waals surface area contributed by atoms with Crippen molar-refractivity contribution in [1.82, 2.24) is 0 Å². The fourth-order valence-corrected chi connectivity index (χ4v) is 1.65. The second-order valence-electron chi connectivity index (χ2n) is 4.36. The number of ketones is 1. The third kappa shape index (κ3) is 4.62. The van der Waals surface area contributed by atoms with Crippen LogP contribution in [0, 0.1) is 0 Å². The molecule has 0 aliphatic carbocycles. The van der Waals surface area contributed by atoms with Gasteiger partial charge >= 0.3 is 0 Å². The molecule has 1 amide bonds. The largest absolute Gasteiger partial charge is 0.465 e. The first kappa shape index (κ1) is 14.5. The van der Waals surface area contributed by atoms with E-state index in [4.69, 9.17) is 4.74 Å². The summed E-state index contributed by atoms with van der Waals surface area (Å²) >= 11 is 0. The Hall–Kier alpha value is -2.88. The molecule has 0 saturated heterocycles. The number of benzene rings is 2. The lowest BCUT2D eigenvalue weighted by Gasteiger charge is -2.03. The van der Waals surface area contributed by atoms with Crippen molar-refractivity contribution in [2.45, 2.75) is 6.92 Å². The van der Waals surface area contributed by atoms with E-state index in [2.05, 4.69) is 5.32 Å². The number of carbonyl (C=O) groups is 2. The molecule has 2 aromatic rings. The van der Waals surface area contributed by atoms with Crippen LogP contribution in [0.2, 0.25) is 0 Å². The zero-order valence-electron chi connectivity index (χ0n) is 11.6. The molecular formula is C17H15NO3.